The molecule has 26 heavy (non-hydrogen) atoms. The molecule has 0 atom stereocenters. The third-order valence-electron chi connectivity index (χ3n) is 4.38. The molecule has 0 aliphatic heterocycles. The van der Waals surface area contributed by atoms with E-state index in [0.29, 0.717) is 19.1 Å². The molecule has 0 N–H and O–H groups in total. The molecule has 0 unspecified atom stereocenters. The number of hydrogen-bond acceptors (Lipinski definition) is 2. The Labute approximate surface area is 158 Å². The highest BCUT2D eigenvalue weighted by molar-refractivity contribution is 5.69. The fourth-order valence-electron chi connectivity index (χ4n) is 2.91. The Kier molecular flexibility index (Phi) is 8.43. The van der Waals surface area contributed by atoms with Crippen molar-refractivity contribution < 1.29 is 9.47 Å². The summed E-state index contributed by atoms with van der Waals surface area (Å²) in [4.78, 5) is 0. The van der Waals surface area contributed by atoms with Gasteiger partial charge in [-0.15, -0.1) is 0 Å². The summed E-state index contributed by atoms with van der Waals surface area (Å²) >= 11 is 0. The summed E-state index contributed by atoms with van der Waals surface area (Å²) < 4.78 is 11.3. The molecule has 2 rings (SSSR count). The lowest BCUT2D eigenvalue weighted by molar-refractivity contribution is 0.0981. The second-order valence-electron chi connectivity index (χ2n) is 6.84. The van der Waals surface area contributed by atoms with Crippen LogP contribution in [0.15, 0.2) is 48.5 Å². The van der Waals surface area contributed by atoms with Gasteiger partial charge in [0, 0.05) is 6.61 Å². The van der Waals surface area contributed by atoms with Crippen molar-refractivity contribution in [2.45, 2.75) is 46.5 Å². The van der Waals surface area contributed by atoms with Crippen LogP contribution in [0.4, 0.5) is 0 Å². The standard InChI is InChI=1S/C24H32O2/c1-5-7-15-25-16-17-26-23-12-9-20(10-13-23)21-11-14-24(19(3)4)22(18-21)8-6-2/h6,8-14,18-19H,5,7,15-17H2,1-4H3/b8-6+. The van der Waals surface area contributed by atoms with Crippen LogP contribution in [0, 0.1) is 0 Å². The zero-order chi connectivity index (χ0) is 18.8. The van der Waals surface area contributed by atoms with E-state index in [1.165, 1.54) is 22.3 Å². The Balaban J connectivity index is 2.00. The minimum absolute atomic E-state index is 0.519. The highest BCUT2D eigenvalue weighted by Crippen LogP contribution is 2.28. The molecule has 0 saturated carbocycles. The van der Waals surface area contributed by atoms with Crippen LogP contribution < -0.4 is 4.74 Å². The maximum absolute atomic E-state index is 5.75. The van der Waals surface area contributed by atoms with Crippen LogP contribution >= 0.6 is 0 Å². The molecule has 2 nitrogen and oxygen atoms in total. The minimum Gasteiger partial charge on any atom is -0.491 e. The predicted octanol–water partition coefficient (Wildman–Crippen LogP) is 6.71. The van der Waals surface area contributed by atoms with E-state index in [0.717, 1.165) is 25.2 Å². The number of allylic oxidation sites excluding steroid dienone is 1. The molecule has 0 aliphatic carbocycles. The van der Waals surface area contributed by atoms with Gasteiger partial charge in [0.15, 0.2) is 0 Å². The quantitative estimate of drug-likeness (QED) is 0.443. The molecule has 2 aromatic carbocycles. The van der Waals surface area contributed by atoms with E-state index in [1.54, 1.807) is 0 Å². The molecular weight excluding hydrogens is 320 g/mol. The van der Waals surface area contributed by atoms with Gasteiger partial charge in [-0.05, 0) is 59.7 Å². The molecule has 0 amide bonds. The average Bonchev–Trinajstić information content (AvgIpc) is 2.65. The van der Waals surface area contributed by atoms with E-state index < -0.39 is 0 Å². The summed E-state index contributed by atoms with van der Waals surface area (Å²) in [6.45, 7) is 10.8. The SMILES string of the molecule is C/C=C/c1cc(-c2ccc(OCCOCCCC)cc2)ccc1C(C)C. The molecule has 0 aromatic heterocycles. The highest BCUT2D eigenvalue weighted by Gasteiger charge is 2.07. The number of hydrogen-bond donors (Lipinski definition) is 0. The van der Waals surface area contributed by atoms with Crippen molar-refractivity contribution in [3.05, 3.63) is 59.7 Å². The predicted molar refractivity (Wildman–Crippen MR) is 112 cm³/mol. The first kappa shape index (κ1) is 20.3. The Hall–Kier alpha value is -2.06. The maximum Gasteiger partial charge on any atom is 0.119 e. The first-order valence-corrected chi connectivity index (χ1v) is 9.73. The number of unbranched alkanes of at least 4 members (excludes halogenated alkanes) is 1. The van der Waals surface area contributed by atoms with Crippen LogP contribution in [0.3, 0.4) is 0 Å². The summed E-state index contributed by atoms with van der Waals surface area (Å²) in [5, 5.41) is 0. The number of rotatable bonds is 10. The Morgan fingerprint density at radius 2 is 1.65 bits per heavy atom. The lowest BCUT2D eigenvalue weighted by Gasteiger charge is -2.13. The van der Waals surface area contributed by atoms with Crippen molar-refractivity contribution in [3.8, 4) is 16.9 Å². The van der Waals surface area contributed by atoms with E-state index in [-0.39, 0.29) is 0 Å². The molecule has 0 heterocycles. The van der Waals surface area contributed by atoms with Gasteiger partial charge in [0.25, 0.3) is 0 Å². The van der Waals surface area contributed by atoms with Crippen LogP contribution in [0.25, 0.3) is 17.2 Å². The van der Waals surface area contributed by atoms with Crippen molar-refractivity contribution in [1.29, 1.82) is 0 Å². The van der Waals surface area contributed by atoms with Gasteiger partial charge >= 0.3 is 0 Å². The molecule has 0 spiro atoms. The van der Waals surface area contributed by atoms with Gasteiger partial charge in [0.05, 0.1) is 6.61 Å². The first-order chi connectivity index (χ1) is 12.7. The van der Waals surface area contributed by atoms with E-state index in [4.69, 9.17) is 9.47 Å². The third kappa shape index (κ3) is 6.03. The van der Waals surface area contributed by atoms with Crippen LogP contribution in [0.5, 0.6) is 5.75 Å². The van der Waals surface area contributed by atoms with Gasteiger partial charge < -0.3 is 9.47 Å². The second kappa shape index (κ2) is 10.8. The first-order valence-electron chi connectivity index (χ1n) is 9.73. The van der Waals surface area contributed by atoms with Crippen LogP contribution in [-0.2, 0) is 4.74 Å². The van der Waals surface area contributed by atoms with Gasteiger partial charge in [0.2, 0.25) is 0 Å². The summed E-state index contributed by atoms with van der Waals surface area (Å²) in [6, 6.07) is 15.0. The van der Waals surface area contributed by atoms with Gasteiger partial charge in [-0.1, -0.05) is 63.6 Å². The molecule has 140 valence electrons. The Bertz CT molecular complexity index is 684. The zero-order valence-corrected chi connectivity index (χ0v) is 16.6. The molecule has 0 fully saturated rings. The Morgan fingerprint density at radius 1 is 0.923 bits per heavy atom. The van der Waals surface area contributed by atoms with Crippen molar-refractivity contribution in [2.75, 3.05) is 19.8 Å². The lowest BCUT2D eigenvalue weighted by Crippen LogP contribution is -2.07. The van der Waals surface area contributed by atoms with Crippen LogP contribution in [-0.4, -0.2) is 19.8 Å². The molecule has 0 bridgehead atoms. The largest absolute Gasteiger partial charge is 0.491 e. The van der Waals surface area contributed by atoms with Crippen molar-refractivity contribution in [1.82, 2.24) is 0 Å². The molecule has 0 saturated heterocycles. The molecular formula is C24H32O2. The summed E-state index contributed by atoms with van der Waals surface area (Å²) in [6.07, 6.45) is 6.56. The van der Waals surface area contributed by atoms with Crippen molar-refractivity contribution in [3.63, 3.8) is 0 Å². The summed E-state index contributed by atoms with van der Waals surface area (Å²) in [5.74, 6) is 1.41. The van der Waals surface area contributed by atoms with Gasteiger partial charge in [0.1, 0.15) is 12.4 Å². The summed E-state index contributed by atoms with van der Waals surface area (Å²) in [7, 11) is 0. The fourth-order valence-corrected chi connectivity index (χ4v) is 2.91. The Morgan fingerprint density at radius 3 is 2.31 bits per heavy atom. The second-order valence-corrected chi connectivity index (χ2v) is 6.84. The van der Waals surface area contributed by atoms with Gasteiger partial charge in [-0.2, -0.15) is 0 Å². The van der Waals surface area contributed by atoms with Crippen molar-refractivity contribution >= 4 is 6.08 Å². The third-order valence-corrected chi connectivity index (χ3v) is 4.38. The van der Waals surface area contributed by atoms with E-state index in [2.05, 4.69) is 70.2 Å². The van der Waals surface area contributed by atoms with E-state index in [9.17, 15) is 0 Å². The fraction of sp³-hybridized carbons (Fsp3) is 0.417. The smallest absolute Gasteiger partial charge is 0.119 e. The van der Waals surface area contributed by atoms with Crippen molar-refractivity contribution in [2.24, 2.45) is 0 Å². The van der Waals surface area contributed by atoms with Gasteiger partial charge in [-0.3, -0.25) is 0 Å². The molecule has 2 aromatic rings. The number of benzene rings is 2. The minimum atomic E-state index is 0.519. The topological polar surface area (TPSA) is 18.5 Å². The van der Waals surface area contributed by atoms with Crippen LogP contribution in [0.1, 0.15) is 57.6 Å². The molecule has 0 radical (unpaired) electrons. The monoisotopic (exact) mass is 352 g/mol. The zero-order valence-electron chi connectivity index (χ0n) is 16.6. The normalized spacial score (nSPS) is 11.4. The highest BCUT2D eigenvalue weighted by atomic mass is 16.5. The number of ether oxygens (including phenoxy) is 2. The summed E-state index contributed by atoms with van der Waals surface area (Å²) in [5.41, 5.74) is 5.12. The lowest BCUT2D eigenvalue weighted by atomic mass is 9.93. The maximum atomic E-state index is 5.75. The van der Waals surface area contributed by atoms with E-state index in [1.807, 2.05) is 12.1 Å². The van der Waals surface area contributed by atoms with Gasteiger partial charge in [-0.25, -0.2) is 0 Å². The molecule has 0 aliphatic rings. The van der Waals surface area contributed by atoms with E-state index >= 15 is 0 Å². The molecule has 2 heteroatoms. The van der Waals surface area contributed by atoms with Crippen LogP contribution in [0.2, 0.25) is 0 Å². The average molecular weight is 353 g/mol.